The van der Waals surface area contributed by atoms with E-state index in [1.165, 1.54) is 7.11 Å². The summed E-state index contributed by atoms with van der Waals surface area (Å²) in [4.78, 5) is 43.8. The Morgan fingerprint density at radius 1 is 1.14 bits per heavy atom. The van der Waals surface area contributed by atoms with Crippen molar-refractivity contribution in [1.82, 2.24) is 9.80 Å². The van der Waals surface area contributed by atoms with Crippen LogP contribution < -0.4 is 15.0 Å². The Morgan fingerprint density at radius 3 is 2.62 bits per heavy atom. The summed E-state index contributed by atoms with van der Waals surface area (Å²) in [5.74, 6) is 0.263. The van der Waals surface area contributed by atoms with Gasteiger partial charge in [-0.2, -0.15) is 0 Å². The highest BCUT2D eigenvalue weighted by Gasteiger charge is 2.35. The van der Waals surface area contributed by atoms with Crippen molar-refractivity contribution in [2.45, 2.75) is 31.4 Å². The second-order valence-electron chi connectivity index (χ2n) is 9.59. The number of piperazine rings is 1. The maximum Gasteiger partial charge on any atom is 0.262 e. The molecule has 0 radical (unpaired) electrons. The number of carbonyl (C=O) groups excluding carboxylic acids is 3. The van der Waals surface area contributed by atoms with Gasteiger partial charge in [0.1, 0.15) is 12.0 Å². The Kier molecular flexibility index (Phi) is 7.64. The molecule has 0 aliphatic carbocycles. The van der Waals surface area contributed by atoms with Crippen molar-refractivity contribution < 1.29 is 23.9 Å². The zero-order valence-corrected chi connectivity index (χ0v) is 21.6. The Labute approximate surface area is 221 Å². The standard InChI is InChI=1S/C27H31ClN4O5/c1-36-24-15-20(29-17-33)5-6-21(24)27(35)32-8-2-3-18(22-14-19(28)4-7-23(22)32)13-25(34)30-9-11-31(12-10-30)26-16-37-26/h4-7,14-15,17-18,26H,2-3,8-13,16H2,1H3,(H,29,33). The fourth-order valence-electron chi connectivity index (χ4n) is 5.32. The van der Waals surface area contributed by atoms with Crippen LogP contribution >= 0.6 is 11.6 Å². The van der Waals surface area contributed by atoms with Crippen LogP contribution in [0.25, 0.3) is 0 Å². The molecular weight excluding hydrogens is 496 g/mol. The van der Waals surface area contributed by atoms with Crippen molar-refractivity contribution in [3.63, 3.8) is 0 Å². The second-order valence-corrected chi connectivity index (χ2v) is 10.0. The molecule has 2 aromatic rings. The highest BCUT2D eigenvalue weighted by atomic mass is 35.5. The van der Waals surface area contributed by atoms with Crippen molar-refractivity contribution in [2.24, 2.45) is 0 Å². The van der Waals surface area contributed by atoms with Gasteiger partial charge in [0.25, 0.3) is 5.91 Å². The van der Waals surface area contributed by atoms with Crippen LogP contribution in [0.5, 0.6) is 5.75 Å². The summed E-state index contributed by atoms with van der Waals surface area (Å²) in [6.45, 7) is 4.36. The molecule has 0 saturated carbocycles. The molecule has 2 unspecified atom stereocenters. The first-order chi connectivity index (χ1) is 18.0. The Bertz CT molecular complexity index is 1180. The lowest BCUT2D eigenvalue weighted by Crippen LogP contribution is -2.49. The zero-order chi connectivity index (χ0) is 25.9. The van der Waals surface area contributed by atoms with Crippen molar-refractivity contribution in [1.29, 1.82) is 0 Å². The lowest BCUT2D eigenvalue weighted by molar-refractivity contribution is -0.133. The predicted molar refractivity (Wildman–Crippen MR) is 140 cm³/mol. The van der Waals surface area contributed by atoms with Gasteiger partial charge in [0.2, 0.25) is 12.3 Å². The van der Waals surface area contributed by atoms with Crippen LogP contribution in [0.1, 0.15) is 41.1 Å². The fraction of sp³-hybridized carbons (Fsp3) is 0.444. The monoisotopic (exact) mass is 526 g/mol. The molecule has 196 valence electrons. The topological polar surface area (TPSA) is 94.7 Å². The van der Waals surface area contributed by atoms with E-state index in [0.29, 0.717) is 54.5 Å². The van der Waals surface area contributed by atoms with Gasteiger partial charge < -0.3 is 24.6 Å². The van der Waals surface area contributed by atoms with Gasteiger partial charge in [0.05, 0.1) is 19.3 Å². The molecule has 1 N–H and O–H groups in total. The average Bonchev–Trinajstić information content (AvgIpc) is 3.77. The van der Waals surface area contributed by atoms with E-state index in [9.17, 15) is 14.4 Å². The molecule has 37 heavy (non-hydrogen) atoms. The molecule has 0 bridgehead atoms. The van der Waals surface area contributed by atoms with Gasteiger partial charge in [-0.05, 0) is 54.7 Å². The SMILES string of the molecule is COc1cc(NC=O)ccc1C(=O)N1CCCC(CC(=O)N2CCN(C3CO3)CC2)c2cc(Cl)ccc21. The number of benzene rings is 2. The van der Waals surface area contributed by atoms with E-state index in [0.717, 1.165) is 43.8 Å². The summed E-state index contributed by atoms with van der Waals surface area (Å²) in [6.07, 6.45) is 2.71. The zero-order valence-electron chi connectivity index (χ0n) is 20.8. The third-order valence-corrected chi connectivity index (χ3v) is 7.60. The summed E-state index contributed by atoms with van der Waals surface area (Å²) in [6, 6.07) is 10.5. The molecule has 5 rings (SSSR count). The number of carbonyl (C=O) groups is 3. The molecule has 2 atom stereocenters. The van der Waals surface area contributed by atoms with Crippen LogP contribution in [0.3, 0.4) is 0 Å². The number of amides is 3. The van der Waals surface area contributed by atoms with E-state index in [1.807, 2.05) is 17.0 Å². The Balaban J connectivity index is 1.36. The number of fused-ring (bicyclic) bond motifs is 1. The van der Waals surface area contributed by atoms with E-state index in [4.69, 9.17) is 21.1 Å². The van der Waals surface area contributed by atoms with Crippen molar-refractivity contribution in [2.75, 3.05) is 56.7 Å². The van der Waals surface area contributed by atoms with E-state index >= 15 is 0 Å². The third-order valence-electron chi connectivity index (χ3n) is 7.37. The quantitative estimate of drug-likeness (QED) is 0.439. The van der Waals surface area contributed by atoms with Gasteiger partial charge in [-0.3, -0.25) is 19.3 Å². The summed E-state index contributed by atoms with van der Waals surface area (Å²) in [5.41, 5.74) is 2.61. The molecular formula is C27H31ClN4O5. The van der Waals surface area contributed by atoms with Gasteiger partial charge in [0.15, 0.2) is 0 Å². The number of hydrogen-bond donors (Lipinski definition) is 1. The molecule has 3 amide bonds. The molecule has 2 fully saturated rings. The molecule has 2 aromatic carbocycles. The minimum atomic E-state index is -0.205. The van der Waals surface area contributed by atoms with Crippen LogP contribution in [-0.2, 0) is 14.3 Å². The highest BCUT2D eigenvalue weighted by molar-refractivity contribution is 6.30. The first kappa shape index (κ1) is 25.5. The normalized spacial score (nSPS) is 21.6. The summed E-state index contributed by atoms with van der Waals surface area (Å²) in [7, 11) is 1.49. The van der Waals surface area contributed by atoms with Crippen LogP contribution in [0.2, 0.25) is 5.02 Å². The van der Waals surface area contributed by atoms with Crippen molar-refractivity contribution >= 4 is 41.2 Å². The van der Waals surface area contributed by atoms with E-state index in [1.54, 1.807) is 29.2 Å². The van der Waals surface area contributed by atoms with Crippen LogP contribution in [0, 0.1) is 0 Å². The lowest BCUT2D eigenvalue weighted by Gasteiger charge is -2.34. The highest BCUT2D eigenvalue weighted by Crippen LogP contribution is 2.40. The smallest absolute Gasteiger partial charge is 0.262 e. The number of halogens is 1. The summed E-state index contributed by atoms with van der Waals surface area (Å²) in [5, 5.41) is 3.15. The first-order valence-electron chi connectivity index (χ1n) is 12.6. The first-order valence-corrected chi connectivity index (χ1v) is 13.0. The number of methoxy groups -OCH3 is 1. The summed E-state index contributed by atoms with van der Waals surface area (Å²) >= 11 is 6.40. The van der Waals surface area contributed by atoms with Gasteiger partial charge in [-0.15, -0.1) is 0 Å². The van der Waals surface area contributed by atoms with Crippen LogP contribution in [0.4, 0.5) is 11.4 Å². The average molecular weight is 527 g/mol. The maximum atomic E-state index is 13.7. The number of rotatable bonds is 7. The van der Waals surface area contributed by atoms with Crippen LogP contribution in [0.15, 0.2) is 36.4 Å². The van der Waals surface area contributed by atoms with Gasteiger partial charge in [-0.1, -0.05) is 11.6 Å². The Hall–Kier alpha value is -3.14. The van der Waals surface area contributed by atoms with E-state index < -0.39 is 0 Å². The third kappa shape index (κ3) is 5.58. The minimum absolute atomic E-state index is 0.0372. The number of epoxide rings is 1. The largest absolute Gasteiger partial charge is 0.496 e. The molecule has 2 saturated heterocycles. The van der Waals surface area contributed by atoms with E-state index in [-0.39, 0.29) is 24.0 Å². The Morgan fingerprint density at radius 2 is 1.92 bits per heavy atom. The molecule has 3 aliphatic rings. The molecule has 0 aromatic heterocycles. The molecule has 0 spiro atoms. The molecule has 3 aliphatic heterocycles. The van der Waals surface area contributed by atoms with Gasteiger partial charge >= 0.3 is 0 Å². The van der Waals surface area contributed by atoms with Crippen LogP contribution in [-0.4, -0.2) is 80.7 Å². The van der Waals surface area contributed by atoms with E-state index in [2.05, 4.69) is 10.2 Å². The number of anilines is 2. The van der Waals surface area contributed by atoms with Gasteiger partial charge in [0, 0.05) is 61.6 Å². The number of nitrogens with zero attached hydrogens (tertiary/aromatic N) is 3. The van der Waals surface area contributed by atoms with Crippen molar-refractivity contribution in [3.05, 3.63) is 52.5 Å². The lowest BCUT2D eigenvalue weighted by atomic mass is 9.90. The molecule has 9 nitrogen and oxygen atoms in total. The predicted octanol–water partition coefficient (Wildman–Crippen LogP) is 3.33. The van der Waals surface area contributed by atoms with Gasteiger partial charge in [-0.25, -0.2) is 0 Å². The fourth-order valence-corrected chi connectivity index (χ4v) is 5.50. The minimum Gasteiger partial charge on any atom is -0.496 e. The second kappa shape index (κ2) is 11.1. The summed E-state index contributed by atoms with van der Waals surface area (Å²) < 4.78 is 10.8. The molecule has 3 heterocycles. The number of hydrogen-bond acceptors (Lipinski definition) is 6. The maximum absolute atomic E-state index is 13.7. The number of ether oxygens (including phenoxy) is 2. The van der Waals surface area contributed by atoms with Crippen molar-refractivity contribution in [3.8, 4) is 5.75 Å². The molecule has 10 heteroatoms. The number of nitrogens with one attached hydrogen (secondary N) is 1.